The molecule has 3 aromatic rings. The summed E-state index contributed by atoms with van der Waals surface area (Å²) in [6, 6.07) is 14.9. The van der Waals surface area contributed by atoms with E-state index < -0.39 is 6.10 Å². The first-order valence-corrected chi connectivity index (χ1v) is 7.53. The number of hydrogen-bond donors (Lipinski definition) is 2. The zero-order valence-electron chi connectivity index (χ0n) is 12.5. The van der Waals surface area contributed by atoms with Gasteiger partial charge in [-0.3, -0.25) is 0 Å². The van der Waals surface area contributed by atoms with E-state index in [1.807, 2.05) is 48.5 Å². The van der Waals surface area contributed by atoms with Crippen LogP contribution >= 0.6 is 11.6 Å². The summed E-state index contributed by atoms with van der Waals surface area (Å²) in [5.41, 5.74) is 1.55. The van der Waals surface area contributed by atoms with Crippen molar-refractivity contribution in [2.24, 2.45) is 0 Å². The summed E-state index contributed by atoms with van der Waals surface area (Å²) >= 11 is 5.97. The topological polar surface area (TPSA) is 67.3 Å². The molecule has 5 nitrogen and oxygen atoms in total. The van der Waals surface area contributed by atoms with Gasteiger partial charge in [0.2, 0.25) is 5.28 Å². The van der Waals surface area contributed by atoms with Crippen molar-refractivity contribution in [3.8, 4) is 5.75 Å². The number of halogens is 1. The Bertz CT molecular complexity index is 812. The number of benzene rings is 2. The van der Waals surface area contributed by atoms with Gasteiger partial charge in [0.1, 0.15) is 11.6 Å². The number of hydrogen-bond acceptors (Lipinski definition) is 5. The van der Waals surface area contributed by atoms with Crippen LogP contribution in [0.25, 0.3) is 10.9 Å². The lowest BCUT2D eigenvalue weighted by Crippen LogP contribution is -2.13. The number of anilines is 1. The zero-order valence-corrected chi connectivity index (χ0v) is 13.3. The van der Waals surface area contributed by atoms with E-state index in [4.69, 9.17) is 16.3 Å². The molecular weight excluding hydrogens is 314 g/mol. The quantitative estimate of drug-likeness (QED) is 0.702. The molecule has 0 spiro atoms. The lowest BCUT2D eigenvalue weighted by Gasteiger charge is -2.14. The molecule has 0 saturated carbocycles. The normalized spacial score (nSPS) is 12.1. The average Bonchev–Trinajstić information content (AvgIpc) is 2.59. The van der Waals surface area contributed by atoms with Crippen molar-refractivity contribution < 1.29 is 9.84 Å². The summed E-state index contributed by atoms with van der Waals surface area (Å²) in [5.74, 6) is 1.27. The summed E-state index contributed by atoms with van der Waals surface area (Å²) in [5, 5.41) is 14.3. The molecule has 3 rings (SSSR count). The second-order valence-corrected chi connectivity index (χ2v) is 5.37. The number of aliphatic hydroxyl groups excluding tert-OH is 1. The van der Waals surface area contributed by atoms with Gasteiger partial charge in [-0.05, 0) is 35.4 Å². The van der Waals surface area contributed by atoms with E-state index in [9.17, 15) is 5.11 Å². The smallest absolute Gasteiger partial charge is 0.224 e. The number of methoxy groups -OCH3 is 1. The summed E-state index contributed by atoms with van der Waals surface area (Å²) in [7, 11) is 1.60. The van der Waals surface area contributed by atoms with Crippen molar-refractivity contribution >= 4 is 28.3 Å². The fraction of sp³-hybridized carbons (Fsp3) is 0.176. The first kappa shape index (κ1) is 15.5. The molecule has 0 fully saturated rings. The Morgan fingerprint density at radius 1 is 1.17 bits per heavy atom. The van der Waals surface area contributed by atoms with Crippen LogP contribution < -0.4 is 10.1 Å². The summed E-state index contributed by atoms with van der Waals surface area (Å²) in [6.07, 6.45) is -0.648. The van der Waals surface area contributed by atoms with Gasteiger partial charge in [0.25, 0.3) is 0 Å². The minimum atomic E-state index is -0.648. The SMILES string of the molecule is COc1ccc2nc(Cl)nc(NCC(O)c3ccccc3)c2c1. The number of ether oxygens (including phenoxy) is 1. The molecule has 1 unspecified atom stereocenters. The van der Waals surface area contributed by atoms with Gasteiger partial charge in [-0.1, -0.05) is 30.3 Å². The van der Waals surface area contributed by atoms with Crippen LogP contribution in [-0.2, 0) is 0 Å². The predicted molar refractivity (Wildman–Crippen MR) is 91.0 cm³/mol. The van der Waals surface area contributed by atoms with E-state index in [1.165, 1.54) is 0 Å². The number of aliphatic hydroxyl groups is 1. The van der Waals surface area contributed by atoms with Crippen LogP contribution in [0.4, 0.5) is 5.82 Å². The first-order valence-electron chi connectivity index (χ1n) is 7.15. The Morgan fingerprint density at radius 3 is 2.70 bits per heavy atom. The molecule has 0 bridgehead atoms. The van der Waals surface area contributed by atoms with Gasteiger partial charge in [-0.25, -0.2) is 9.97 Å². The fourth-order valence-corrected chi connectivity index (χ4v) is 2.50. The fourth-order valence-electron chi connectivity index (χ4n) is 2.33. The van der Waals surface area contributed by atoms with Crippen LogP contribution in [0.5, 0.6) is 5.75 Å². The van der Waals surface area contributed by atoms with Crippen LogP contribution in [0.3, 0.4) is 0 Å². The first-order chi connectivity index (χ1) is 11.2. The maximum absolute atomic E-state index is 10.3. The average molecular weight is 330 g/mol. The van der Waals surface area contributed by atoms with E-state index in [2.05, 4.69) is 15.3 Å². The maximum atomic E-state index is 10.3. The second-order valence-electron chi connectivity index (χ2n) is 5.03. The van der Waals surface area contributed by atoms with Crippen molar-refractivity contribution in [2.45, 2.75) is 6.10 Å². The highest BCUT2D eigenvalue weighted by atomic mass is 35.5. The summed E-state index contributed by atoms with van der Waals surface area (Å²) in [6.45, 7) is 0.309. The minimum Gasteiger partial charge on any atom is -0.497 e. The number of nitrogens with one attached hydrogen (secondary N) is 1. The van der Waals surface area contributed by atoms with Crippen LogP contribution in [0.1, 0.15) is 11.7 Å². The van der Waals surface area contributed by atoms with Gasteiger partial charge in [0.15, 0.2) is 0 Å². The lowest BCUT2D eigenvalue weighted by atomic mass is 10.1. The highest BCUT2D eigenvalue weighted by molar-refractivity contribution is 6.28. The Kier molecular flexibility index (Phi) is 4.60. The molecule has 0 aliphatic heterocycles. The van der Waals surface area contributed by atoms with E-state index in [0.29, 0.717) is 23.6 Å². The van der Waals surface area contributed by atoms with Gasteiger partial charge >= 0.3 is 0 Å². The molecule has 0 amide bonds. The van der Waals surface area contributed by atoms with Crippen LogP contribution in [0.15, 0.2) is 48.5 Å². The summed E-state index contributed by atoms with van der Waals surface area (Å²) in [4.78, 5) is 8.41. The Balaban J connectivity index is 1.87. The standard InChI is InChI=1S/C17H16ClN3O2/c1-23-12-7-8-14-13(9-12)16(21-17(18)20-14)19-10-15(22)11-5-3-2-4-6-11/h2-9,15,22H,10H2,1H3,(H,19,20,21). The Labute approximate surface area is 138 Å². The van der Waals surface area contributed by atoms with Crippen LogP contribution in [0.2, 0.25) is 5.28 Å². The highest BCUT2D eigenvalue weighted by Gasteiger charge is 2.11. The molecule has 0 radical (unpaired) electrons. The van der Waals surface area contributed by atoms with Crippen molar-refractivity contribution in [3.05, 3.63) is 59.4 Å². The number of nitrogens with zero attached hydrogens (tertiary/aromatic N) is 2. The van der Waals surface area contributed by atoms with Gasteiger partial charge in [0.05, 0.1) is 18.7 Å². The molecular formula is C17H16ClN3O2. The molecule has 1 aromatic heterocycles. The van der Waals surface area contributed by atoms with Crippen molar-refractivity contribution in [2.75, 3.05) is 19.0 Å². The lowest BCUT2D eigenvalue weighted by molar-refractivity contribution is 0.191. The molecule has 1 atom stereocenters. The van der Waals surface area contributed by atoms with Crippen LogP contribution in [-0.4, -0.2) is 28.7 Å². The minimum absolute atomic E-state index is 0.152. The van der Waals surface area contributed by atoms with Gasteiger partial charge in [0, 0.05) is 11.9 Å². The third-order valence-corrected chi connectivity index (χ3v) is 3.69. The predicted octanol–water partition coefficient (Wildman–Crippen LogP) is 3.44. The summed E-state index contributed by atoms with van der Waals surface area (Å²) < 4.78 is 5.24. The molecule has 0 aliphatic carbocycles. The molecule has 2 aromatic carbocycles. The Hall–Kier alpha value is -2.37. The largest absolute Gasteiger partial charge is 0.497 e. The van der Waals surface area contributed by atoms with Crippen LogP contribution in [0, 0.1) is 0 Å². The van der Waals surface area contributed by atoms with E-state index in [1.54, 1.807) is 7.11 Å². The third-order valence-electron chi connectivity index (χ3n) is 3.52. The van der Waals surface area contributed by atoms with Crippen molar-refractivity contribution in [3.63, 3.8) is 0 Å². The van der Waals surface area contributed by atoms with Crippen molar-refractivity contribution in [1.82, 2.24) is 9.97 Å². The number of rotatable bonds is 5. The highest BCUT2D eigenvalue weighted by Crippen LogP contribution is 2.27. The van der Waals surface area contributed by atoms with Gasteiger partial charge in [-0.15, -0.1) is 0 Å². The van der Waals surface area contributed by atoms with E-state index in [-0.39, 0.29) is 5.28 Å². The zero-order chi connectivity index (χ0) is 16.2. The number of aromatic nitrogens is 2. The second kappa shape index (κ2) is 6.81. The molecule has 6 heteroatoms. The van der Waals surface area contributed by atoms with Crippen molar-refractivity contribution in [1.29, 1.82) is 0 Å². The van der Waals surface area contributed by atoms with E-state index >= 15 is 0 Å². The number of fused-ring (bicyclic) bond motifs is 1. The van der Waals surface area contributed by atoms with E-state index in [0.717, 1.165) is 10.9 Å². The monoisotopic (exact) mass is 329 g/mol. The maximum Gasteiger partial charge on any atom is 0.224 e. The van der Waals surface area contributed by atoms with Gasteiger partial charge in [-0.2, -0.15) is 0 Å². The molecule has 0 aliphatic rings. The Morgan fingerprint density at radius 2 is 1.96 bits per heavy atom. The third kappa shape index (κ3) is 3.52. The molecule has 1 heterocycles. The molecule has 2 N–H and O–H groups in total. The molecule has 23 heavy (non-hydrogen) atoms. The molecule has 118 valence electrons. The van der Waals surface area contributed by atoms with Gasteiger partial charge < -0.3 is 15.2 Å². The molecule has 0 saturated heterocycles.